The van der Waals surface area contributed by atoms with Crippen LogP contribution in [-0.4, -0.2) is 13.8 Å². The Hall–Kier alpha value is -1.69. The molecule has 2 rings (SSSR count). The van der Waals surface area contributed by atoms with Crippen molar-refractivity contribution in [3.8, 4) is 0 Å². The zero-order valence-corrected chi connectivity index (χ0v) is 12.1. The molecule has 100 valence electrons. The average Bonchev–Trinajstić information content (AvgIpc) is 2.35. The molecule has 0 saturated heterocycles. The zero-order valence-electron chi connectivity index (χ0n) is 10.5. The molecule has 20 heavy (non-hydrogen) atoms. The largest absolute Gasteiger partial charge is 0.322 e. The molecular weight excluding hydrogens is 327 g/mol. The fourth-order valence-electron chi connectivity index (χ4n) is 1.70. The first-order valence-corrected chi connectivity index (χ1v) is 6.50. The van der Waals surface area contributed by atoms with Crippen molar-refractivity contribution in [3.63, 3.8) is 0 Å². The molecule has 2 nitrogen and oxygen atoms in total. The molecule has 0 aliphatic rings. The van der Waals surface area contributed by atoms with Crippen LogP contribution in [0.15, 0.2) is 34.8 Å². The van der Waals surface area contributed by atoms with E-state index in [1.54, 1.807) is 13.0 Å². The first kappa shape index (κ1) is 14.7. The number of hydrogen-bond donors (Lipinski definition) is 1. The van der Waals surface area contributed by atoms with Crippen molar-refractivity contribution in [2.45, 2.75) is 6.92 Å². The van der Waals surface area contributed by atoms with Crippen LogP contribution in [0.3, 0.4) is 0 Å². The second kappa shape index (κ2) is 5.75. The van der Waals surface area contributed by atoms with Gasteiger partial charge in [0.15, 0.2) is 0 Å². The molecule has 0 unspecified atom stereocenters. The van der Waals surface area contributed by atoms with E-state index in [4.69, 9.17) is 7.85 Å². The third-order valence-corrected chi connectivity index (χ3v) is 3.26. The maximum Gasteiger partial charge on any atom is 0.258 e. The third kappa shape index (κ3) is 3.07. The van der Waals surface area contributed by atoms with E-state index in [0.717, 1.165) is 6.07 Å². The molecule has 2 radical (unpaired) electrons. The summed E-state index contributed by atoms with van der Waals surface area (Å²) in [6.45, 7) is 1.67. The van der Waals surface area contributed by atoms with Crippen molar-refractivity contribution in [3.05, 3.63) is 57.6 Å². The summed E-state index contributed by atoms with van der Waals surface area (Å²) in [5.74, 6) is -1.95. The number of carbonyl (C=O) groups excluding carboxylic acids is 1. The third-order valence-electron chi connectivity index (χ3n) is 2.77. The van der Waals surface area contributed by atoms with Gasteiger partial charge >= 0.3 is 0 Å². The number of anilines is 1. The summed E-state index contributed by atoms with van der Waals surface area (Å²) >= 11 is 3.11. The number of nitrogens with one attached hydrogen (secondary N) is 1. The number of aryl methyl sites for hydroxylation is 1. The van der Waals surface area contributed by atoms with Crippen LogP contribution in [0.25, 0.3) is 0 Å². The second-order valence-electron chi connectivity index (χ2n) is 4.27. The van der Waals surface area contributed by atoms with E-state index in [1.165, 1.54) is 18.2 Å². The standard InChI is InChI=1S/C14H9BBrF2NO/c1-7-4-10(15)12(18)6-13(7)19-14(20)9-3-2-8(16)5-11(9)17/h2-6H,1H3,(H,19,20). The van der Waals surface area contributed by atoms with Gasteiger partial charge in [0.05, 0.1) is 5.56 Å². The van der Waals surface area contributed by atoms with Gasteiger partial charge in [-0.15, -0.1) is 0 Å². The van der Waals surface area contributed by atoms with Crippen molar-refractivity contribution in [2.75, 3.05) is 5.32 Å². The lowest BCUT2D eigenvalue weighted by atomic mass is 9.93. The van der Waals surface area contributed by atoms with E-state index in [9.17, 15) is 13.6 Å². The van der Waals surface area contributed by atoms with Gasteiger partial charge in [0.25, 0.3) is 5.91 Å². The van der Waals surface area contributed by atoms with Crippen LogP contribution >= 0.6 is 15.9 Å². The van der Waals surface area contributed by atoms with Gasteiger partial charge in [-0.1, -0.05) is 27.5 Å². The first-order valence-electron chi connectivity index (χ1n) is 5.70. The molecule has 0 heterocycles. The molecule has 2 aromatic rings. The van der Waals surface area contributed by atoms with Crippen LogP contribution in [0.1, 0.15) is 15.9 Å². The molecule has 0 spiro atoms. The van der Waals surface area contributed by atoms with Gasteiger partial charge in [0.1, 0.15) is 19.5 Å². The summed E-state index contributed by atoms with van der Waals surface area (Å²) in [6.07, 6.45) is 0. The highest BCUT2D eigenvalue weighted by atomic mass is 79.9. The maximum atomic E-state index is 13.7. The summed E-state index contributed by atoms with van der Waals surface area (Å²) in [5.41, 5.74) is 0.721. The smallest absolute Gasteiger partial charge is 0.258 e. The molecule has 0 atom stereocenters. The van der Waals surface area contributed by atoms with Crippen LogP contribution in [0.5, 0.6) is 0 Å². The van der Waals surface area contributed by atoms with Crippen LogP contribution in [-0.2, 0) is 0 Å². The molecule has 0 bridgehead atoms. The minimum absolute atomic E-state index is 0.00433. The first-order chi connectivity index (χ1) is 9.38. The summed E-state index contributed by atoms with van der Waals surface area (Å²) < 4.78 is 27.6. The minimum Gasteiger partial charge on any atom is -0.322 e. The Morgan fingerprint density at radius 1 is 1.20 bits per heavy atom. The van der Waals surface area contributed by atoms with Gasteiger partial charge in [0, 0.05) is 10.2 Å². The van der Waals surface area contributed by atoms with E-state index in [1.807, 2.05) is 0 Å². The van der Waals surface area contributed by atoms with Crippen molar-refractivity contribution in [2.24, 2.45) is 0 Å². The quantitative estimate of drug-likeness (QED) is 0.840. The molecule has 0 aliphatic heterocycles. The summed E-state index contributed by atoms with van der Waals surface area (Å²) in [6, 6.07) is 6.60. The van der Waals surface area contributed by atoms with E-state index in [0.29, 0.717) is 10.0 Å². The number of benzene rings is 2. The van der Waals surface area contributed by atoms with E-state index < -0.39 is 17.5 Å². The maximum absolute atomic E-state index is 13.7. The lowest BCUT2D eigenvalue weighted by Crippen LogP contribution is -2.17. The fourth-order valence-corrected chi connectivity index (χ4v) is 2.03. The number of amides is 1. The van der Waals surface area contributed by atoms with Gasteiger partial charge in [-0.2, -0.15) is 0 Å². The molecule has 1 N–H and O–H groups in total. The van der Waals surface area contributed by atoms with Crippen LogP contribution in [0, 0.1) is 18.6 Å². The molecular formula is C14H9BBrF2NO. The van der Waals surface area contributed by atoms with Crippen molar-refractivity contribution < 1.29 is 13.6 Å². The van der Waals surface area contributed by atoms with Gasteiger partial charge in [-0.25, -0.2) is 8.78 Å². The minimum atomic E-state index is -0.662. The Labute approximate surface area is 124 Å². The SMILES string of the molecule is [B]c1cc(C)c(NC(=O)c2ccc(Br)cc2F)cc1F. The van der Waals surface area contributed by atoms with Crippen molar-refractivity contribution in [1.29, 1.82) is 0 Å². The van der Waals surface area contributed by atoms with E-state index >= 15 is 0 Å². The van der Waals surface area contributed by atoms with E-state index in [2.05, 4.69) is 21.2 Å². The molecule has 0 fully saturated rings. The molecule has 0 saturated carbocycles. The number of rotatable bonds is 2. The van der Waals surface area contributed by atoms with Crippen LogP contribution < -0.4 is 10.8 Å². The Morgan fingerprint density at radius 3 is 2.55 bits per heavy atom. The molecule has 0 aliphatic carbocycles. The van der Waals surface area contributed by atoms with Crippen LogP contribution in [0.2, 0.25) is 0 Å². The summed E-state index contributed by atoms with van der Waals surface area (Å²) in [4.78, 5) is 12.0. The highest BCUT2D eigenvalue weighted by Gasteiger charge is 2.14. The lowest BCUT2D eigenvalue weighted by molar-refractivity contribution is 0.102. The highest BCUT2D eigenvalue weighted by Crippen LogP contribution is 2.19. The van der Waals surface area contributed by atoms with Gasteiger partial charge in [-0.3, -0.25) is 4.79 Å². The Balaban J connectivity index is 2.30. The second-order valence-corrected chi connectivity index (χ2v) is 5.18. The van der Waals surface area contributed by atoms with Crippen molar-refractivity contribution >= 4 is 40.8 Å². The Kier molecular flexibility index (Phi) is 4.23. The monoisotopic (exact) mass is 335 g/mol. The summed E-state index contributed by atoms with van der Waals surface area (Å²) in [7, 11) is 5.42. The predicted octanol–water partition coefficient (Wildman–Crippen LogP) is 3.08. The van der Waals surface area contributed by atoms with Crippen LogP contribution in [0.4, 0.5) is 14.5 Å². The molecule has 0 aromatic heterocycles. The zero-order chi connectivity index (χ0) is 14.9. The van der Waals surface area contributed by atoms with Gasteiger partial charge < -0.3 is 5.32 Å². The number of halogens is 3. The molecule has 2 aromatic carbocycles. The Morgan fingerprint density at radius 2 is 1.90 bits per heavy atom. The average molecular weight is 336 g/mol. The topological polar surface area (TPSA) is 29.1 Å². The van der Waals surface area contributed by atoms with Gasteiger partial charge in [-0.05, 0) is 36.8 Å². The van der Waals surface area contributed by atoms with E-state index in [-0.39, 0.29) is 16.7 Å². The fraction of sp³-hybridized carbons (Fsp3) is 0.0714. The normalized spacial score (nSPS) is 10.4. The molecule has 1 amide bonds. The van der Waals surface area contributed by atoms with Crippen molar-refractivity contribution in [1.82, 2.24) is 0 Å². The van der Waals surface area contributed by atoms with Gasteiger partial charge in [0.2, 0.25) is 0 Å². The lowest BCUT2D eigenvalue weighted by Gasteiger charge is -2.11. The number of carbonyl (C=O) groups is 1. The number of hydrogen-bond acceptors (Lipinski definition) is 1. The Bertz CT molecular complexity index is 691. The predicted molar refractivity (Wildman–Crippen MR) is 78.6 cm³/mol. The summed E-state index contributed by atoms with van der Waals surface area (Å²) in [5, 5.41) is 2.47. The highest BCUT2D eigenvalue weighted by molar-refractivity contribution is 9.10. The molecule has 6 heteroatoms.